The Balaban J connectivity index is 1.65. The summed E-state index contributed by atoms with van der Waals surface area (Å²) in [4.78, 5) is 0. The molecule has 0 bridgehead atoms. The van der Waals surface area contributed by atoms with E-state index in [1.165, 1.54) is 38.8 Å². The van der Waals surface area contributed by atoms with Gasteiger partial charge in [-0.05, 0) is 44.7 Å². The predicted molar refractivity (Wildman–Crippen MR) is 51.2 cm³/mol. The van der Waals surface area contributed by atoms with E-state index in [1.54, 1.807) is 0 Å². The highest BCUT2D eigenvalue weighted by molar-refractivity contribution is 4.86. The van der Waals surface area contributed by atoms with Crippen LogP contribution in [-0.4, -0.2) is 25.2 Å². The van der Waals surface area contributed by atoms with Crippen molar-refractivity contribution in [1.82, 2.24) is 10.6 Å². The Hall–Kier alpha value is -0.0800. The summed E-state index contributed by atoms with van der Waals surface area (Å²) in [5.74, 6) is 0.976. The minimum atomic E-state index is 0.809. The largest absolute Gasteiger partial charge is 0.317 e. The van der Waals surface area contributed by atoms with Gasteiger partial charge in [0.25, 0.3) is 0 Å². The van der Waals surface area contributed by atoms with Crippen LogP contribution in [0, 0.1) is 5.92 Å². The summed E-state index contributed by atoms with van der Waals surface area (Å²) in [7, 11) is 0. The molecule has 1 saturated carbocycles. The van der Waals surface area contributed by atoms with Crippen LogP contribution in [0.3, 0.4) is 0 Å². The normalized spacial score (nSPS) is 37.8. The third-order valence-corrected chi connectivity index (χ3v) is 3.18. The van der Waals surface area contributed by atoms with Gasteiger partial charge in [-0.25, -0.2) is 0 Å². The monoisotopic (exact) mass is 168 g/mol. The number of nitrogens with one attached hydrogen (secondary N) is 2. The van der Waals surface area contributed by atoms with Crippen molar-refractivity contribution in [3.63, 3.8) is 0 Å². The molecule has 1 heterocycles. The minimum absolute atomic E-state index is 0.809. The molecular formula is C10H20N2. The van der Waals surface area contributed by atoms with Gasteiger partial charge in [-0.1, -0.05) is 6.92 Å². The van der Waals surface area contributed by atoms with E-state index < -0.39 is 0 Å². The molecule has 1 saturated heterocycles. The Morgan fingerprint density at radius 1 is 1.08 bits per heavy atom. The van der Waals surface area contributed by atoms with Crippen LogP contribution in [0.1, 0.15) is 32.6 Å². The summed E-state index contributed by atoms with van der Waals surface area (Å²) in [6.07, 6.45) is 5.46. The lowest BCUT2D eigenvalue weighted by molar-refractivity contribution is 0.207. The van der Waals surface area contributed by atoms with Crippen LogP contribution >= 0.6 is 0 Å². The molecule has 2 N–H and O–H groups in total. The van der Waals surface area contributed by atoms with Crippen LogP contribution < -0.4 is 10.6 Å². The van der Waals surface area contributed by atoms with Crippen molar-refractivity contribution in [2.45, 2.75) is 44.7 Å². The van der Waals surface area contributed by atoms with Crippen molar-refractivity contribution >= 4 is 0 Å². The highest BCUT2D eigenvalue weighted by Crippen LogP contribution is 2.27. The van der Waals surface area contributed by atoms with Crippen LogP contribution in [0.25, 0.3) is 0 Å². The van der Waals surface area contributed by atoms with Crippen molar-refractivity contribution in [1.29, 1.82) is 0 Å². The maximum absolute atomic E-state index is 3.75. The van der Waals surface area contributed by atoms with Gasteiger partial charge in [0, 0.05) is 12.1 Å². The minimum Gasteiger partial charge on any atom is -0.317 e. The van der Waals surface area contributed by atoms with Crippen LogP contribution in [-0.2, 0) is 0 Å². The van der Waals surface area contributed by atoms with Gasteiger partial charge in [0.15, 0.2) is 0 Å². The second-order valence-electron chi connectivity index (χ2n) is 4.46. The molecule has 0 aromatic rings. The first kappa shape index (κ1) is 8.52. The molecule has 1 aliphatic carbocycles. The van der Waals surface area contributed by atoms with E-state index in [1.807, 2.05) is 0 Å². The fourth-order valence-electron chi connectivity index (χ4n) is 2.36. The first-order chi connectivity index (χ1) is 5.84. The lowest BCUT2D eigenvalue weighted by atomic mass is 9.81. The zero-order valence-electron chi connectivity index (χ0n) is 7.97. The average molecular weight is 168 g/mol. The van der Waals surface area contributed by atoms with E-state index in [4.69, 9.17) is 0 Å². The lowest BCUT2D eigenvalue weighted by Gasteiger charge is -2.37. The predicted octanol–water partition coefficient (Wildman–Crippen LogP) is 1.13. The standard InChI is InChI=1S/C10H20N2/c1-8-6-10(7-8)12-9-2-4-11-5-3-9/h8-12H,2-7H2,1H3. The molecule has 2 aliphatic rings. The van der Waals surface area contributed by atoms with Gasteiger partial charge in [0.1, 0.15) is 0 Å². The second-order valence-corrected chi connectivity index (χ2v) is 4.46. The van der Waals surface area contributed by atoms with Gasteiger partial charge in [0.2, 0.25) is 0 Å². The van der Waals surface area contributed by atoms with Crippen molar-refractivity contribution in [2.24, 2.45) is 5.92 Å². The Labute approximate surface area is 75.1 Å². The number of piperidine rings is 1. The summed E-state index contributed by atoms with van der Waals surface area (Å²) in [6.45, 7) is 4.76. The zero-order valence-corrected chi connectivity index (χ0v) is 7.97. The Morgan fingerprint density at radius 2 is 1.75 bits per heavy atom. The third-order valence-electron chi connectivity index (χ3n) is 3.18. The Kier molecular flexibility index (Phi) is 2.66. The van der Waals surface area contributed by atoms with Crippen molar-refractivity contribution in [3.05, 3.63) is 0 Å². The molecule has 0 amide bonds. The van der Waals surface area contributed by atoms with E-state index in [0.29, 0.717) is 0 Å². The molecule has 0 aromatic carbocycles. The summed E-state index contributed by atoms with van der Waals surface area (Å²) >= 11 is 0. The molecule has 0 atom stereocenters. The van der Waals surface area contributed by atoms with Crippen molar-refractivity contribution in [2.75, 3.05) is 13.1 Å². The van der Waals surface area contributed by atoms with E-state index in [2.05, 4.69) is 17.6 Å². The highest BCUT2D eigenvalue weighted by Gasteiger charge is 2.27. The second kappa shape index (κ2) is 3.75. The molecule has 0 radical (unpaired) electrons. The van der Waals surface area contributed by atoms with E-state index >= 15 is 0 Å². The van der Waals surface area contributed by atoms with Gasteiger partial charge in [0.05, 0.1) is 0 Å². The van der Waals surface area contributed by atoms with Crippen LogP contribution in [0.5, 0.6) is 0 Å². The first-order valence-corrected chi connectivity index (χ1v) is 5.31. The SMILES string of the molecule is CC1CC(NC2CCNCC2)C1. The lowest BCUT2D eigenvalue weighted by Crippen LogP contribution is -2.49. The fourth-order valence-corrected chi connectivity index (χ4v) is 2.36. The molecule has 2 rings (SSSR count). The summed E-state index contributed by atoms with van der Waals surface area (Å²) in [5.41, 5.74) is 0. The molecular weight excluding hydrogens is 148 g/mol. The maximum atomic E-state index is 3.75. The summed E-state index contributed by atoms with van der Waals surface area (Å²) in [6, 6.07) is 1.66. The average Bonchev–Trinajstić information content (AvgIpc) is 2.04. The number of hydrogen-bond donors (Lipinski definition) is 2. The Morgan fingerprint density at radius 3 is 2.33 bits per heavy atom. The van der Waals surface area contributed by atoms with Gasteiger partial charge >= 0.3 is 0 Å². The molecule has 0 spiro atoms. The molecule has 0 unspecified atom stereocenters. The van der Waals surface area contributed by atoms with Crippen molar-refractivity contribution in [3.8, 4) is 0 Å². The van der Waals surface area contributed by atoms with E-state index in [-0.39, 0.29) is 0 Å². The van der Waals surface area contributed by atoms with E-state index in [0.717, 1.165) is 18.0 Å². The molecule has 12 heavy (non-hydrogen) atoms. The van der Waals surface area contributed by atoms with Crippen LogP contribution in [0.15, 0.2) is 0 Å². The number of hydrogen-bond acceptors (Lipinski definition) is 2. The zero-order chi connectivity index (χ0) is 8.39. The van der Waals surface area contributed by atoms with Crippen LogP contribution in [0.4, 0.5) is 0 Å². The quantitative estimate of drug-likeness (QED) is 0.646. The molecule has 1 aliphatic heterocycles. The van der Waals surface area contributed by atoms with Gasteiger partial charge in [-0.15, -0.1) is 0 Å². The maximum Gasteiger partial charge on any atom is 0.00938 e. The molecule has 70 valence electrons. The molecule has 2 heteroatoms. The molecule has 2 fully saturated rings. The van der Waals surface area contributed by atoms with E-state index in [9.17, 15) is 0 Å². The number of rotatable bonds is 2. The Bertz CT molecular complexity index is 135. The molecule has 0 aromatic heterocycles. The van der Waals surface area contributed by atoms with Crippen LogP contribution in [0.2, 0.25) is 0 Å². The third kappa shape index (κ3) is 1.99. The highest BCUT2D eigenvalue weighted by atomic mass is 15.0. The van der Waals surface area contributed by atoms with Crippen molar-refractivity contribution < 1.29 is 0 Å². The smallest absolute Gasteiger partial charge is 0.00938 e. The summed E-state index contributed by atoms with van der Waals surface area (Å²) in [5, 5.41) is 7.14. The topological polar surface area (TPSA) is 24.1 Å². The summed E-state index contributed by atoms with van der Waals surface area (Å²) < 4.78 is 0. The van der Waals surface area contributed by atoms with Gasteiger partial charge in [-0.3, -0.25) is 0 Å². The first-order valence-electron chi connectivity index (χ1n) is 5.31. The molecule has 2 nitrogen and oxygen atoms in total. The fraction of sp³-hybridized carbons (Fsp3) is 1.00. The van der Waals surface area contributed by atoms with Gasteiger partial charge < -0.3 is 10.6 Å². The van der Waals surface area contributed by atoms with Gasteiger partial charge in [-0.2, -0.15) is 0 Å².